The molecule has 0 bridgehead atoms. The summed E-state index contributed by atoms with van der Waals surface area (Å²) >= 11 is 0. The molecule has 2 saturated heterocycles. The molecule has 9 nitrogen and oxygen atoms in total. The third-order valence-electron chi connectivity index (χ3n) is 6.55. The van der Waals surface area contributed by atoms with E-state index in [4.69, 9.17) is 0 Å². The van der Waals surface area contributed by atoms with Gasteiger partial charge in [-0.25, -0.2) is 8.42 Å². The van der Waals surface area contributed by atoms with Crippen molar-refractivity contribution < 1.29 is 27.9 Å². The Kier molecular flexibility index (Phi) is 6.02. The average molecular weight is 482 g/mol. The fraction of sp³-hybridized carbons (Fsp3) is 0.333. The van der Waals surface area contributed by atoms with Crippen molar-refractivity contribution in [3.8, 4) is 6.07 Å². The normalized spacial score (nSPS) is 26.4. The van der Waals surface area contributed by atoms with E-state index in [1.54, 1.807) is 54.6 Å². The second-order valence-electron chi connectivity index (χ2n) is 8.72. The molecule has 0 aliphatic carbocycles. The summed E-state index contributed by atoms with van der Waals surface area (Å²) in [6, 6.07) is 16.4. The zero-order chi connectivity index (χ0) is 24.7. The first-order valence-electron chi connectivity index (χ1n) is 10.7. The molecule has 4 rings (SSSR count). The molecule has 0 aromatic heterocycles. The topological polar surface area (TPSA) is 145 Å². The Morgan fingerprint density at radius 3 is 2.38 bits per heavy atom. The van der Waals surface area contributed by atoms with Gasteiger partial charge in [0, 0.05) is 25.3 Å². The fourth-order valence-electron chi connectivity index (χ4n) is 5.03. The summed E-state index contributed by atoms with van der Waals surface area (Å²) in [5, 5.41) is 23.1. The molecule has 0 spiro atoms. The van der Waals surface area contributed by atoms with Gasteiger partial charge in [-0.1, -0.05) is 48.5 Å². The summed E-state index contributed by atoms with van der Waals surface area (Å²) in [6.45, 7) is -0.350. The van der Waals surface area contributed by atoms with E-state index in [0.717, 1.165) is 11.2 Å². The van der Waals surface area contributed by atoms with Gasteiger partial charge in [-0.3, -0.25) is 24.6 Å². The van der Waals surface area contributed by atoms with E-state index >= 15 is 0 Å². The molecule has 4 atom stereocenters. The second kappa shape index (κ2) is 8.66. The zero-order valence-electron chi connectivity index (χ0n) is 18.3. The van der Waals surface area contributed by atoms with Crippen molar-refractivity contribution in [3.63, 3.8) is 0 Å². The van der Waals surface area contributed by atoms with Crippen molar-refractivity contribution >= 4 is 27.6 Å². The number of imide groups is 1. The van der Waals surface area contributed by atoms with Gasteiger partial charge in [0.1, 0.15) is 15.4 Å². The molecule has 2 heterocycles. The quantitative estimate of drug-likeness (QED) is 0.555. The third kappa shape index (κ3) is 3.97. The number of aliphatic carboxylic acids is 1. The number of rotatable bonds is 7. The number of fused-ring (bicyclic) bond motifs is 1. The molecule has 2 N–H and O–H groups in total. The maximum atomic E-state index is 13.5. The molecule has 0 saturated carbocycles. The molecule has 0 radical (unpaired) electrons. The van der Waals surface area contributed by atoms with Crippen LogP contribution in [0.2, 0.25) is 0 Å². The number of carboxylic acid groups (broad SMARTS) is 1. The van der Waals surface area contributed by atoms with E-state index in [1.807, 2.05) is 0 Å². The fourth-order valence-corrected chi connectivity index (χ4v) is 5.54. The number of hydrogen-bond acceptors (Lipinski definition) is 7. The first-order chi connectivity index (χ1) is 16.1. The van der Waals surface area contributed by atoms with Gasteiger partial charge in [0.15, 0.2) is 0 Å². The Balaban J connectivity index is 1.85. The standard InChI is InChI=1S/C24H23N3O6S/c1-34(32,33)12-11-27-21(28)18-19(22(27)29)24(23(30)31,13-15-7-3-2-4-8-15)26-20(18)17-10-6-5-9-16(17)14-25/h2-10,18-20,26H,11-13H2,1H3,(H,30,31). The van der Waals surface area contributed by atoms with Gasteiger partial charge in [0.25, 0.3) is 0 Å². The molecule has 34 heavy (non-hydrogen) atoms. The minimum absolute atomic E-state index is 0.0749. The van der Waals surface area contributed by atoms with Crippen molar-refractivity contribution in [2.75, 3.05) is 18.6 Å². The van der Waals surface area contributed by atoms with E-state index in [1.165, 1.54) is 0 Å². The summed E-state index contributed by atoms with van der Waals surface area (Å²) in [7, 11) is -3.47. The number of nitrogens with zero attached hydrogens (tertiary/aromatic N) is 2. The molecule has 2 aliphatic rings. The summed E-state index contributed by atoms with van der Waals surface area (Å²) < 4.78 is 23.4. The summed E-state index contributed by atoms with van der Waals surface area (Å²) in [4.78, 5) is 40.6. The van der Waals surface area contributed by atoms with Crippen molar-refractivity contribution in [1.82, 2.24) is 10.2 Å². The number of benzene rings is 2. The zero-order valence-corrected chi connectivity index (χ0v) is 19.2. The molecule has 10 heteroatoms. The number of nitrogens with one attached hydrogen (secondary N) is 1. The molecule has 2 fully saturated rings. The number of sulfone groups is 1. The number of hydrogen-bond donors (Lipinski definition) is 2. The predicted octanol–water partition coefficient (Wildman–Crippen LogP) is 0.914. The van der Waals surface area contributed by atoms with Crippen molar-refractivity contribution in [2.45, 2.75) is 18.0 Å². The molecule has 176 valence electrons. The molecule has 2 aliphatic heterocycles. The van der Waals surface area contributed by atoms with Gasteiger partial charge in [-0.05, 0) is 17.2 Å². The van der Waals surface area contributed by atoms with Crippen LogP contribution in [0.15, 0.2) is 54.6 Å². The van der Waals surface area contributed by atoms with Crippen LogP contribution in [0.1, 0.15) is 22.7 Å². The van der Waals surface area contributed by atoms with E-state index < -0.39 is 56.8 Å². The van der Waals surface area contributed by atoms with Gasteiger partial charge >= 0.3 is 5.97 Å². The average Bonchev–Trinajstić information content (AvgIpc) is 3.26. The van der Waals surface area contributed by atoms with Gasteiger partial charge in [0.05, 0.1) is 29.2 Å². The third-order valence-corrected chi connectivity index (χ3v) is 7.48. The summed E-state index contributed by atoms with van der Waals surface area (Å²) in [5.74, 6) is -5.44. The number of carbonyl (C=O) groups is 3. The van der Waals surface area contributed by atoms with Crippen LogP contribution in [-0.2, 0) is 30.6 Å². The molecular formula is C24H23N3O6S. The molecular weight excluding hydrogens is 458 g/mol. The first-order valence-corrected chi connectivity index (χ1v) is 12.7. The number of nitriles is 1. The van der Waals surface area contributed by atoms with Crippen LogP contribution in [0.4, 0.5) is 0 Å². The highest BCUT2D eigenvalue weighted by molar-refractivity contribution is 7.90. The first kappa shape index (κ1) is 23.6. The molecule has 2 aromatic carbocycles. The van der Waals surface area contributed by atoms with Crippen molar-refractivity contribution in [2.24, 2.45) is 11.8 Å². The lowest BCUT2D eigenvalue weighted by Crippen LogP contribution is -2.57. The number of amides is 2. The molecule has 2 aromatic rings. The summed E-state index contributed by atoms with van der Waals surface area (Å²) in [6.07, 6.45) is 0.928. The highest BCUT2D eigenvalue weighted by Gasteiger charge is 2.68. The molecule has 4 unspecified atom stereocenters. The van der Waals surface area contributed by atoms with Gasteiger partial charge in [-0.2, -0.15) is 5.26 Å². The Bertz CT molecular complexity index is 1300. The van der Waals surface area contributed by atoms with Gasteiger partial charge in [-0.15, -0.1) is 0 Å². The number of likely N-dealkylation sites (tertiary alicyclic amines) is 1. The SMILES string of the molecule is CS(=O)(=O)CCN1C(=O)C2C(c3ccccc3C#N)NC(Cc3ccccc3)(C(=O)O)C2C1=O. The Morgan fingerprint density at radius 2 is 1.76 bits per heavy atom. The van der Waals surface area contributed by atoms with E-state index in [2.05, 4.69) is 11.4 Å². The lowest BCUT2D eigenvalue weighted by Gasteiger charge is -2.31. The van der Waals surface area contributed by atoms with E-state index in [9.17, 15) is 33.2 Å². The minimum atomic E-state index is -3.47. The van der Waals surface area contributed by atoms with Crippen LogP contribution in [0.5, 0.6) is 0 Å². The van der Waals surface area contributed by atoms with Crippen molar-refractivity contribution in [1.29, 1.82) is 5.26 Å². The maximum Gasteiger partial charge on any atom is 0.325 e. The van der Waals surface area contributed by atoms with Gasteiger partial charge < -0.3 is 5.11 Å². The van der Waals surface area contributed by atoms with Crippen LogP contribution in [0.3, 0.4) is 0 Å². The van der Waals surface area contributed by atoms with Gasteiger partial charge in [0.2, 0.25) is 11.8 Å². The lowest BCUT2D eigenvalue weighted by molar-refractivity contribution is -0.151. The summed E-state index contributed by atoms with van der Waals surface area (Å²) in [5.41, 5.74) is -0.497. The predicted molar refractivity (Wildman–Crippen MR) is 121 cm³/mol. The number of carbonyl (C=O) groups excluding carboxylic acids is 2. The van der Waals surface area contributed by atoms with Crippen LogP contribution in [0, 0.1) is 23.2 Å². The van der Waals surface area contributed by atoms with Crippen molar-refractivity contribution in [3.05, 3.63) is 71.3 Å². The van der Waals surface area contributed by atoms with E-state index in [0.29, 0.717) is 11.1 Å². The monoisotopic (exact) mass is 481 g/mol. The van der Waals surface area contributed by atoms with Crippen LogP contribution >= 0.6 is 0 Å². The van der Waals surface area contributed by atoms with Crippen LogP contribution < -0.4 is 5.32 Å². The Labute approximate surface area is 196 Å². The highest BCUT2D eigenvalue weighted by atomic mass is 32.2. The highest BCUT2D eigenvalue weighted by Crippen LogP contribution is 2.50. The lowest BCUT2D eigenvalue weighted by atomic mass is 9.76. The largest absolute Gasteiger partial charge is 0.480 e. The maximum absolute atomic E-state index is 13.5. The van der Waals surface area contributed by atoms with E-state index in [-0.39, 0.29) is 18.5 Å². The smallest absolute Gasteiger partial charge is 0.325 e. The van der Waals surface area contributed by atoms with Crippen LogP contribution in [-0.4, -0.2) is 60.3 Å². The number of carboxylic acids is 1. The Morgan fingerprint density at radius 1 is 1.12 bits per heavy atom. The second-order valence-corrected chi connectivity index (χ2v) is 11.0. The Hall–Kier alpha value is -3.55. The molecule has 2 amide bonds. The van der Waals surface area contributed by atoms with Crippen LogP contribution in [0.25, 0.3) is 0 Å². The minimum Gasteiger partial charge on any atom is -0.480 e.